The molecule has 0 radical (unpaired) electrons. The van der Waals surface area contributed by atoms with Gasteiger partial charge in [0.1, 0.15) is 0 Å². The molecule has 0 nitrogen and oxygen atoms in total. The van der Waals surface area contributed by atoms with E-state index in [-0.39, 0.29) is 0 Å². The van der Waals surface area contributed by atoms with Crippen molar-refractivity contribution in [1.82, 2.24) is 0 Å². The molecule has 0 heterocycles. The molecule has 2 saturated carbocycles. The summed E-state index contributed by atoms with van der Waals surface area (Å²) in [4.78, 5) is 0. The molecule has 2 atom stereocenters. The Morgan fingerprint density at radius 3 is 2.83 bits per heavy atom. The summed E-state index contributed by atoms with van der Waals surface area (Å²) >= 11 is 0. The van der Waals surface area contributed by atoms with Gasteiger partial charge >= 0.3 is 0 Å². The molecule has 2 bridgehead atoms. The van der Waals surface area contributed by atoms with Gasteiger partial charge in [0.15, 0.2) is 0 Å². The van der Waals surface area contributed by atoms with Gasteiger partial charge in [-0.05, 0) is 50.9 Å². The molecule has 0 heteroatoms. The minimum absolute atomic E-state index is 0.520. The van der Waals surface area contributed by atoms with Crippen molar-refractivity contribution in [2.24, 2.45) is 11.3 Å². The molecular weight excluding hydrogens is 144 g/mol. The summed E-state index contributed by atoms with van der Waals surface area (Å²) in [6.07, 6.45) is 7.83. The molecule has 2 rings (SSSR count). The largest absolute Gasteiger partial charge is 0.0996 e. The van der Waals surface area contributed by atoms with Crippen molar-refractivity contribution in [3.05, 3.63) is 23.8 Å². The second-order valence-corrected chi connectivity index (χ2v) is 4.54. The zero-order valence-corrected chi connectivity index (χ0v) is 8.19. The van der Waals surface area contributed by atoms with Crippen LogP contribution in [0.5, 0.6) is 0 Å². The standard InChI is InChI=1S/C12H18/c1-4-10-7-12(9(2)3)6-5-11(10)8-12/h4,11H,2,5-8H2,1,3H3/b10-4+. The van der Waals surface area contributed by atoms with Gasteiger partial charge in [-0.15, -0.1) is 0 Å². The van der Waals surface area contributed by atoms with Crippen molar-refractivity contribution in [3.63, 3.8) is 0 Å². The van der Waals surface area contributed by atoms with Crippen LogP contribution in [0.1, 0.15) is 39.5 Å². The van der Waals surface area contributed by atoms with E-state index >= 15 is 0 Å². The first-order valence-electron chi connectivity index (χ1n) is 4.99. The van der Waals surface area contributed by atoms with E-state index in [9.17, 15) is 0 Å². The topological polar surface area (TPSA) is 0 Å². The Bertz CT molecular complexity index is 247. The molecule has 2 aliphatic rings. The summed E-state index contributed by atoms with van der Waals surface area (Å²) in [6, 6.07) is 0. The highest BCUT2D eigenvalue weighted by Crippen LogP contribution is 2.59. The molecular formula is C12H18. The van der Waals surface area contributed by atoms with Crippen molar-refractivity contribution < 1.29 is 0 Å². The molecule has 0 aromatic carbocycles. The average Bonchev–Trinajstić information content (AvgIpc) is 2.61. The molecule has 12 heavy (non-hydrogen) atoms. The minimum Gasteiger partial charge on any atom is -0.0996 e. The maximum Gasteiger partial charge on any atom is -0.00504 e. The zero-order chi connectivity index (χ0) is 8.77. The van der Waals surface area contributed by atoms with E-state index in [1.807, 2.05) is 0 Å². The molecule has 2 fully saturated rings. The predicted octanol–water partition coefficient (Wildman–Crippen LogP) is 3.70. The quantitative estimate of drug-likeness (QED) is 0.516. The normalized spacial score (nSPS) is 42.5. The smallest absolute Gasteiger partial charge is 0.00504 e. The molecule has 0 spiro atoms. The summed E-state index contributed by atoms with van der Waals surface area (Å²) in [5.41, 5.74) is 3.64. The van der Waals surface area contributed by atoms with E-state index in [2.05, 4.69) is 26.5 Å². The Hall–Kier alpha value is -0.520. The highest BCUT2D eigenvalue weighted by molar-refractivity contribution is 5.28. The van der Waals surface area contributed by atoms with E-state index in [1.165, 1.54) is 31.3 Å². The van der Waals surface area contributed by atoms with Crippen LogP contribution < -0.4 is 0 Å². The van der Waals surface area contributed by atoms with Gasteiger partial charge in [0, 0.05) is 0 Å². The monoisotopic (exact) mass is 162 g/mol. The van der Waals surface area contributed by atoms with Crippen LogP contribution >= 0.6 is 0 Å². The van der Waals surface area contributed by atoms with Gasteiger partial charge in [-0.25, -0.2) is 0 Å². The van der Waals surface area contributed by atoms with Crippen molar-refractivity contribution in [3.8, 4) is 0 Å². The van der Waals surface area contributed by atoms with Crippen LogP contribution in [0.25, 0.3) is 0 Å². The predicted molar refractivity (Wildman–Crippen MR) is 53.0 cm³/mol. The third kappa shape index (κ3) is 0.903. The fraction of sp³-hybridized carbons (Fsp3) is 0.667. The minimum atomic E-state index is 0.520. The summed E-state index contributed by atoms with van der Waals surface area (Å²) in [7, 11) is 0. The lowest BCUT2D eigenvalue weighted by molar-refractivity contribution is 0.388. The number of rotatable bonds is 1. The fourth-order valence-electron chi connectivity index (χ4n) is 3.01. The lowest BCUT2D eigenvalue weighted by atomic mass is 9.77. The van der Waals surface area contributed by atoms with Crippen LogP contribution in [0.2, 0.25) is 0 Å². The molecule has 2 aliphatic carbocycles. The Morgan fingerprint density at radius 2 is 2.42 bits per heavy atom. The summed E-state index contributed by atoms with van der Waals surface area (Å²) < 4.78 is 0. The third-order valence-corrected chi connectivity index (χ3v) is 3.95. The summed E-state index contributed by atoms with van der Waals surface area (Å²) in [5.74, 6) is 0.909. The Balaban J connectivity index is 2.29. The SMILES string of the molecule is C=C(C)C12CCC(C1)/C(=C/C)C2. The number of hydrogen-bond donors (Lipinski definition) is 0. The highest BCUT2D eigenvalue weighted by Gasteiger charge is 2.47. The highest BCUT2D eigenvalue weighted by atomic mass is 14.5. The van der Waals surface area contributed by atoms with E-state index < -0.39 is 0 Å². The number of allylic oxidation sites excluding steroid dienone is 3. The first-order chi connectivity index (χ1) is 5.68. The van der Waals surface area contributed by atoms with E-state index in [4.69, 9.17) is 0 Å². The average molecular weight is 162 g/mol. The van der Waals surface area contributed by atoms with Crippen LogP contribution in [-0.4, -0.2) is 0 Å². The summed E-state index contributed by atoms with van der Waals surface area (Å²) in [6.45, 7) is 8.54. The van der Waals surface area contributed by atoms with Crippen LogP contribution in [0.3, 0.4) is 0 Å². The van der Waals surface area contributed by atoms with Crippen LogP contribution in [0.15, 0.2) is 23.8 Å². The Kier molecular flexibility index (Phi) is 1.67. The lowest BCUT2D eigenvalue weighted by Gasteiger charge is -2.27. The van der Waals surface area contributed by atoms with Gasteiger partial charge < -0.3 is 0 Å². The maximum absolute atomic E-state index is 4.15. The Morgan fingerprint density at radius 1 is 1.67 bits per heavy atom. The first kappa shape index (κ1) is 8.10. The molecule has 0 aromatic rings. The molecule has 0 N–H and O–H groups in total. The van der Waals surface area contributed by atoms with Gasteiger partial charge in [-0.1, -0.05) is 23.8 Å². The second-order valence-electron chi connectivity index (χ2n) is 4.54. The maximum atomic E-state index is 4.15. The van der Waals surface area contributed by atoms with E-state index in [0.29, 0.717) is 5.41 Å². The molecule has 66 valence electrons. The van der Waals surface area contributed by atoms with E-state index in [1.54, 1.807) is 5.57 Å². The number of fused-ring (bicyclic) bond motifs is 2. The van der Waals surface area contributed by atoms with Gasteiger partial charge in [0.25, 0.3) is 0 Å². The molecule has 0 aliphatic heterocycles. The Labute approximate surface area is 75.4 Å². The van der Waals surface area contributed by atoms with Crippen molar-refractivity contribution in [2.45, 2.75) is 39.5 Å². The van der Waals surface area contributed by atoms with Crippen molar-refractivity contribution >= 4 is 0 Å². The lowest BCUT2D eigenvalue weighted by Crippen LogP contribution is -2.15. The van der Waals surface area contributed by atoms with Crippen LogP contribution in [-0.2, 0) is 0 Å². The van der Waals surface area contributed by atoms with Crippen molar-refractivity contribution in [1.29, 1.82) is 0 Å². The van der Waals surface area contributed by atoms with E-state index in [0.717, 1.165) is 5.92 Å². The van der Waals surface area contributed by atoms with Crippen LogP contribution in [0, 0.1) is 11.3 Å². The van der Waals surface area contributed by atoms with Gasteiger partial charge in [0.05, 0.1) is 0 Å². The second kappa shape index (κ2) is 2.48. The number of hydrogen-bond acceptors (Lipinski definition) is 0. The van der Waals surface area contributed by atoms with Gasteiger partial charge in [-0.3, -0.25) is 0 Å². The van der Waals surface area contributed by atoms with Gasteiger partial charge in [-0.2, -0.15) is 0 Å². The molecule has 0 amide bonds. The first-order valence-corrected chi connectivity index (χ1v) is 4.99. The van der Waals surface area contributed by atoms with Crippen molar-refractivity contribution in [2.75, 3.05) is 0 Å². The molecule has 2 unspecified atom stereocenters. The van der Waals surface area contributed by atoms with Crippen LogP contribution in [0.4, 0.5) is 0 Å². The fourth-order valence-corrected chi connectivity index (χ4v) is 3.01. The molecule has 0 aromatic heterocycles. The summed E-state index contributed by atoms with van der Waals surface area (Å²) in [5, 5.41) is 0. The zero-order valence-electron chi connectivity index (χ0n) is 8.19. The third-order valence-electron chi connectivity index (χ3n) is 3.95. The van der Waals surface area contributed by atoms with Gasteiger partial charge in [0.2, 0.25) is 0 Å². The molecule has 0 saturated heterocycles.